The molecule has 0 saturated heterocycles. The maximum absolute atomic E-state index is 14.1. The molecule has 0 aliphatic heterocycles. The van der Waals surface area contributed by atoms with E-state index in [1.54, 1.807) is 0 Å². The number of unbranched alkanes of at least 4 members (excludes halogenated alkanes) is 19. The highest BCUT2D eigenvalue weighted by molar-refractivity contribution is 5.83. The van der Waals surface area contributed by atoms with Crippen LogP contribution in [0, 0.1) is 11.3 Å². The Morgan fingerprint density at radius 3 is 1.58 bits per heavy atom. The highest BCUT2D eigenvalue weighted by Crippen LogP contribution is 2.44. The monoisotopic (exact) mass is 670 g/mol. The number of hydrogen-bond acceptors (Lipinski definition) is 3. The summed E-state index contributed by atoms with van der Waals surface area (Å²) in [5.74, 6) is 0.602. The van der Waals surface area contributed by atoms with Crippen LogP contribution in [0.3, 0.4) is 0 Å². The van der Waals surface area contributed by atoms with E-state index >= 15 is 0 Å². The zero-order valence-electron chi connectivity index (χ0n) is 32.1. The summed E-state index contributed by atoms with van der Waals surface area (Å²) in [5.41, 5.74) is 1.21. The molecule has 0 heterocycles. The van der Waals surface area contributed by atoms with Gasteiger partial charge in [0, 0.05) is 5.41 Å². The van der Waals surface area contributed by atoms with Crippen molar-refractivity contribution >= 4 is 5.91 Å². The van der Waals surface area contributed by atoms with Crippen molar-refractivity contribution in [2.45, 2.75) is 213 Å². The van der Waals surface area contributed by atoms with Crippen LogP contribution in [-0.2, 0) is 17.6 Å². The lowest BCUT2D eigenvalue weighted by Crippen LogP contribution is -2.59. The van der Waals surface area contributed by atoms with Crippen molar-refractivity contribution in [1.82, 2.24) is 5.32 Å². The summed E-state index contributed by atoms with van der Waals surface area (Å²) in [6, 6.07) is 8.84. The van der Waals surface area contributed by atoms with Crippen molar-refractivity contribution in [3.8, 4) is 0 Å². The van der Waals surface area contributed by atoms with Gasteiger partial charge in [-0.05, 0) is 62.0 Å². The minimum Gasteiger partial charge on any atom is -0.394 e. The standard InChI is InChI=1S/C44H79NO3/c1-4-6-8-10-12-13-14-15-16-17-18-19-20-22-24-33-43(34-25-26-39(3)36-43)42(48)45-44(37-46,38-47)35-32-41-30-28-40(29-31-41)27-23-21-11-9-7-5-2/h28-31,39,46-47H,4-27,32-38H2,1-3H3,(H,45,48). The molecule has 1 aliphatic carbocycles. The number of nitrogens with one attached hydrogen (secondary N) is 1. The number of amides is 1. The van der Waals surface area contributed by atoms with E-state index in [-0.39, 0.29) is 24.5 Å². The summed E-state index contributed by atoms with van der Waals surface area (Å²) >= 11 is 0. The molecule has 2 rings (SSSR count). The lowest BCUT2D eigenvalue weighted by Gasteiger charge is -2.42. The van der Waals surface area contributed by atoms with E-state index in [9.17, 15) is 15.0 Å². The molecule has 1 aromatic rings. The van der Waals surface area contributed by atoms with Gasteiger partial charge in [0.25, 0.3) is 0 Å². The van der Waals surface area contributed by atoms with Gasteiger partial charge in [0.1, 0.15) is 0 Å². The number of benzene rings is 1. The van der Waals surface area contributed by atoms with E-state index in [4.69, 9.17) is 0 Å². The molecule has 3 N–H and O–H groups in total. The average Bonchev–Trinajstić information content (AvgIpc) is 3.10. The van der Waals surface area contributed by atoms with Gasteiger partial charge in [-0.1, -0.05) is 186 Å². The van der Waals surface area contributed by atoms with E-state index in [2.05, 4.69) is 50.4 Å². The van der Waals surface area contributed by atoms with E-state index in [0.717, 1.165) is 44.9 Å². The van der Waals surface area contributed by atoms with Crippen LogP contribution in [0.2, 0.25) is 0 Å². The van der Waals surface area contributed by atoms with Gasteiger partial charge in [-0.2, -0.15) is 0 Å². The van der Waals surface area contributed by atoms with E-state index in [1.165, 1.54) is 146 Å². The van der Waals surface area contributed by atoms with Crippen molar-refractivity contribution in [3.05, 3.63) is 35.4 Å². The van der Waals surface area contributed by atoms with Crippen molar-refractivity contribution in [3.63, 3.8) is 0 Å². The number of carbonyl (C=O) groups is 1. The third kappa shape index (κ3) is 17.5. The molecule has 1 saturated carbocycles. The number of aliphatic hydroxyl groups is 2. The Labute approximate surface area is 298 Å². The summed E-state index contributed by atoms with van der Waals surface area (Å²) in [4.78, 5) is 14.1. The summed E-state index contributed by atoms with van der Waals surface area (Å²) in [6.07, 6.45) is 35.5. The molecule has 1 amide bonds. The van der Waals surface area contributed by atoms with Gasteiger partial charge in [-0.15, -0.1) is 0 Å². The molecule has 48 heavy (non-hydrogen) atoms. The van der Waals surface area contributed by atoms with Crippen LogP contribution >= 0.6 is 0 Å². The molecule has 1 aliphatic rings. The van der Waals surface area contributed by atoms with Gasteiger partial charge in [-0.25, -0.2) is 0 Å². The molecular formula is C44H79NO3. The second-order valence-electron chi connectivity index (χ2n) is 16.1. The first-order valence-electron chi connectivity index (χ1n) is 21.0. The SMILES string of the molecule is CCCCCCCCCCCCCCCCCC1(C(=O)NC(CO)(CO)CCc2ccc(CCCCCCCC)cc2)CCCC(C)C1. The van der Waals surface area contributed by atoms with Gasteiger partial charge in [0.15, 0.2) is 0 Å². The molecular weight excluding hydrogens is 590 g/mol. The highest BCUT2D eigenvalue weighted by atomic mass is 16.3. The predicted octanol–water partition coefficient (Wildman–Crippen LogP) is 11.8. The zero-order chi connectivity index (χ0) is 34.8. The van der Waals surface area contributed by atoms with Crippen LogP contribution in [-0.4, -0.2) is 34.9 Å². The Kier molecular flexibility index (Phi) is 23.5. The number of aryl methyl sites for hydroxylation is 2. The molecule has 4 nitrogen and oxygen atoms in total. The third-order valence-electron chi connectivity index (χ3n) is 11.6. The van der Waals surface area contributed by atoms with Crippen LogP contribution in [0.5, 0.6) is 0 Å². The number of hydrogen-bond donors (Lipinski definition) is 3. The first kappa shape index (κ1) is 42.8. The molecule has 2 unspecified atom stereocenters. The molecule has 0 aromatic heterocycles. The highest BCUT2D eigenvalue weighted by Gasteiger charge is 2.44. The summed E-state index contributed by atoms with van der Waals surface area (Å²) < 4.78 is 0. The minimum atomic E-state index is -0.989. The quantitative estimate of drug-likeness (QED) is 0.0714. The van der Waals surface area contributed by atoms with E-state index in [0.29, 0.717) is 12.3 Å². The first-order chi connectivity index (χ1) is 23.4. The van der Waals surface area contributed by atoms with Gasteiger partial charge in [0.2, 0.25) is 5.91 Å². The normalized spacial score (nSPS) is 18.3. The first-order valence-corrected chi connectivity index (χ1v) is 21.0. The summed E-state index contributed by atoms with van der Waals surface area (Å²) in [6.45, 7) is 6.35. The van der Waals surface area contributed by atoms with Crippen molar-refractivity contribution < 1.29 is 15.0 Å². The van der Waals surface area contributed by atoms with E-state index < -0.39 is 5.54 Å². The molecule has 0 spiro atoms. The number of carbonyl (C=O) groups excluding carboxylic acids is 1. The van der Waals surface area contributed by atoms with Crippen LogP contribution in [0.15, 0.2) is 24.3 Å². The molecule has 0 radical (unpaired) electrons. The van der Waals surface area contributed by atoms with Crippen LogP contribution in [0.25, 0.3) is 0 Å². The van der Waals surface area contributed by atoms with Crippen LogP contribution in [0.4, 0.5) is 0 Å². The van der Waals surface area contributed by atoms with Crippen LogP contribution in [0.1, 0.15) is 205 Å². The predicted molar refractivity (Wildman–Crippen MR) is 206 cm³/mol. The molecule has 0 bridgehead atoms. The third-order valence-corrected chi connectivity index (χ3v) is 11.6. The molecule has 1 aromatic carbocycles. The van der Waals surface area contributed by atoms with Crippen molar-refractivity contribution in [2.75, 3.05) is 13.2 Å². The Bertz CT molecular complexity index is 910. The Morgan fingerprint density at radius 2 is 1.12 bits per heavy atom. The molecule has 4 heteroatoms. The Morgan fingerprint density at radius 1 is 0.688 bits per heavy atom. The average molecular weight is 670 g/mol. The minimum absolute atomic E-state index is 0.0665. The Balaban J connectivity index is 1.76. The largest absolute Gasteiger partial charge is 0.394 e. The van der Waals surface area contributed by atoms with Crippen LogP contribution < -0.4 is 5.32 Å². The number of aliphatic hydroxyl groups excluding tert-OH is 2. The zero-order valence-corrected chi connectivity index (χ0v) is 32.1. The molecule has 2 atom stereocenters. The maximum atomic E-state index is 14.1. The topological polar surface area (TPSA) is 69.6 Å². The lowest BCUT2D eigenvalue weighted by molar-refractivity contribution is -0.138. The van der Waals surface area contributed by atoms with Gasteiger partial charge in [0.05, 0.1) is 18.8 Å². The second-order valence-corrected chi connectivity index (χ2v) is 16.1. The fraction of sp³-hybridized carbons (Fsp3) is 0.841. The van der Waals surface area contributed by atoms with Crippen molar-refractivity contribution in [2.24, 2.45) is 11.3 Å². The van der Waals surface area contributed by atoms with Gasteiger partial charge < -0.3 is 15.5 Å². The van der Waals surface area contributed by atoms with Crippen molar-refractivity contribution in [1.29, 1.82) is 0 Å². The second kappa shape index (κ2) is 26.4. The fourth-order valence-electron chi connectivity index (χ4n) is 8.13. The van der Waals surface area contributed by atoms with E-state index in [1.807, 2.05) is 0 Å². The Hall–Kier alpha value is -1.39. The fourth-order valence-corrected chi connectivity index (χ4v) is 8.13. The smallest absolute Gasteiger partial charge is 0.226 e. The number of rotatable bonds is 30. The molecule has 278 valence electrons. The maximum Gasteiger partial charge on any atom is 0.226 e. The summed E-state index contributed by atoms with van der Waals surface area (Å²) in [7, 11) is 0. The lowest BCUT2D eigenvalue weighted by atomic mass is 9.66. The van der Waals surface area contributed by atoms with Gasteiger partial charge >= 0.3 is 0 Å². The molecule has 1 fully saturated rings. The summed E-state index contributed by atoms with van der Waals surface area (Å²) in [5, 5.41) is 24.3. The van der Waals surface area contributed by atoms with Gasteiger partial charge in [-0.3, -0.25) is 4.79 Å².